The molecule has 8 aromatic rings. The van der Waals surface area contributed by atoms with Gasteiger partial charge in [0.2, 0.25) is 0 Å². The van der Waals surface area contributed by atoms with Gasteiger partial charge in [0, 0.05) is 38.3 Å². The minimum absolute atomic E-state index is 0.0484. The van der Waals surface area contributed by atoms with E-state index >= 15 is 0 Å². The first kappa shape index (κ1) is 21.2. The van der Waals surface area contributed by atoms with Gasteiger partial charge in [-0.1, -0.05) is 103 Å². The molecule has 0 fully saturated rings. The van der Waals surface area contributed by atoms with Gasteiger partial charge in [0.05, 0.1) is 11.0 Å². The number of nitrogens with zero attached hydrogens (tertiary/aromatic N) is 2. The zero-order valence-corrected chi connectivity index (χ0v) is 21.9. The fourth-order valence-corrected chi connectivity index (χ4v) is 7.46. The summed E-state index contributed by atoms with van der Waals surface area (Å²) in [6.45, 7) is 4.57. The molecule has 0 bridgehead atoms. The number of aryl methyl sites for hydroxylation is 2. The van der Waals surface area contributed by atoms with Gasteiger partial charge in [-0.3, -0.25) is 0 Å². The molecule has 0 aliphatic carbocycles. The average molecular weight is 496 g/mol. The van der Waals surface area contributed by atoms with Crippen molar-refractivity contribution in [2.45, 2.75) is 13.8 Å². The molecular formula is C36H25BN2. The number of hydrogen-bond acceptors (Lipinski definition) is 0. The Balaban J connectivity index is 1.58. The lowest BCUT2D eigenvalue weighted by molar-refractivity contribution is 1.18. The first-order valence-electron chi connectivity index (χ1n) is 13.8. The van der Waals surface area contributed by atoms with E-state index in [-0.39, 0.29) is 6.85 Å². The van der Waals surface area contributed by atoms with E-state index in [9.17, 15) is 0 Å². The molecule has 0 amide bonds. The van der Waals surface area contributed by atoms with Gasteiger partial charge >= 0.3 is 6.85 Å². The van der Waals surface area contributed by atoms with Crippen molar-refractivity contribution in [3.05, 3.63) is 126 Å². The number of fused-ring (bicyclic) bond motifs is 10. The molecular weight excluding hydrogens is 471 g/mol. The van der Waals surface area contributed by atoms with Gasteiger partial charge in [-0.15, -0.1) is 0 Å². The molecule has 2 nitrogen and oxygen atoms in total. The van der Waals surface area contributed by atoms with Crippen molar-refractivity contribution < 1.29 is 0 Å². The summed E-state index contributed by atoms with van der Waals surface area (Å²) in [5.41, 5.74) is 11.8. The molecule has 0 radical (unpaired) electrons. The van der Waals surface area contributed by atoms with E-state index in [1.54, 1.807) is 0 Å². The molecule has 1 aliphatic heterocycles. The molecule has 2 aromatic heterocycles. The van der Waals surface area contributed by atoms with Crippen molar-refractivity contribution in [1.29, 1.82) is 0 Å². The highest BCUT2D eigenvalue weighted by Gasteiger charge is 2.37. The highest BCUT2D eigenvalue weighted by molar-refractivity contribution is 6.88. The van der Waals surface area contributed by atoms with Gasteiger partial charge in [0.1, 0.15) is 0 Å². The van der Waals surface area contributed by atoms with Gasteiger partial charge in [-0.25, -0.2) is 0 Å². The maximum Gasteiger partial charge on any atom is 0.332 e. The largest absolute Gasteiger partial charge is 0.375 e. The Bertz CT molecular complexity index is 2260. The summed E-state index contributed by atoms with van der Waals surface area (Å²) < 4.78 is 5.17. The molecule has 3 heterocycles. The molecule has 0 unspecified atom stereocenters. The summed E-state index contributed by atoms with van der Waals surface area (Å²) in [5.74, 6) is 0. The van der Waals surface area contributed by atoms with E-state index in [0.717, 1.165) is 0 Å². The summed E-state index contributed by atoms with van der Waals surface area (Å²) in [7, 11) is 0. The van der Waals surface area contributed by atoms with Crippen LogP contribution in [-0.4, -0.2) is 15.9 Å². The minimum Gasteiger partial charge on any atom is -0.375 e. The van der Waals surface area contributed by atoms with E-state index in [2.05, 4.69) is 138 Å². The van der Waals surface area contributed by atoms with Crippen LogP contribution in [0.1, 0.15) is 11.1 Å². The van der Waals surface area contributed by atoms with Crippen LogP contribution in [0.15, 0.2) is 115 Å². The van der Waals surface area contributed by atoms with Crippen molar-refractivity contribution >= 4 is 72.2 Å². The van der Waals surface area contributed by atoms with Gasteiger partial charge in [-0.2, -0.15) is 0 Å². The van der Waals surface area contributed by atoms with Crippen LogP contribution in [0.25, 0.3) is 60.1 Å². The highest BCUT2D eigenvalue weighted by Crippen LogP contribution is 2.39. The van der Waals surface area contributed by atoms with E-state index in [1.165, 1.54) is 82.1 Å². The van der Waals surface area contributed by atoms with Gasteiger partial charge in [0.25, 0.3) is 0 Å². The summed E-state index contributed by atoms with van der Waals surface area (Å²) in [6.07, 6.45) is 0. The van der Waals surface area contributed by atoms with Gasteiger partial charge < -0.3 is 9.05 Å². The molecule has 0 N–H and O–H groups in total. The highest BCUT2D eigenvalue weighted by atomic mass is 15.0. The number of aromatic nitrogens is 2. The molecule has 0 atom stereocenters. The van der Waals surface area contributed by atoms with Crippen LogP contribution in [0, 0.1) is 13.8 Å². The fraction of sp³-hybridized carbons (Fsp3) is 0.0556. The molecule has 3 heteroatoms. The van der Waals surface area contributed by atoms with Crippen LogP contribution >= 0.6 is 0 Å². The molecule has 182 valence electrons. The maximum atomic E-state index is 2.65. The summed E-state index contributed by atoms with van der Waals surface area (Å²) >= 11 is 0. The Morgan fingerprint density at radius 2 is 1.13 bits per heavy atom. The zero-order chi connectivity index (χ0) is 25.8. The van der Waals surface area contributed by atoms with Gasteiger partial charge in [-0.05, 0) is 58.8 Å². The molecule has 0 spiro atoms. The lowest BCUT2D eigenvalue weighted by atomic mass is 9.48. The van der Waals surface area contributed by atoms with Crippen molar-refractivity contribution in [2.24, 2.45) is 0 Å². The van der Waals surface area contributed by atoms with Crippen LogP contribution in [0.2, 0.25) is 0 Å². The second-order valence-corrected chi connectivity index (χ2v) is 11.0. The Morgan fingerprint density at radius 3 is 1.90 bits per heavy atom. The van der Waals surface area contributed by atoms with E-state index in [1.807, 2.05) is 0 Å². The quantitative estimate of drug-likeness (QED) is 0.207. The van der Waals surface area contributed by atoms with E-state index in [4.69, 9.17) is 0 Å². The lowest BCUT2D eigenvalue weighted by Crippen LogP contribution is -2.53. The first-order chi connectivity index (χ1) is 19.2. The molecule has 0 saturated carbocycles. The van der Waals surface area contributed by atoms with Crippen LogP contribution < -0.4 is 10.9 Å². The van der Waals surface area contributed by atoms with E-state index < -0.39 is 0 Å². The number of para-hydroxylation sites is 4. The van der Waals surface area contributed by atoms with Crippen LogP contribution in [0.5, 0.6) is 0 Å². The summed E-state index contributed by atoms with van der Waals surface area (Å²) in [6, 6.07) is 42.8. The first-order valence-corrected chi connectivity index (χ1v) is 13.8. The molecule has 0 saturated heterocycles. The Hall–Kier alpha value is -4.76. The van der Waals surface area contributed by atoms with Crippen LogP contribution in [-0.2, 0) is 0 Å². The standard InChI is InChI=1S/C36H25BN2/c1-22-11-9-16-26-27-17-10-12-23(2)35(27)39(34(22)26)37-29-18-6-8-20-32(29)38-31-19-7-5-15-28(31)33-25-14-4-3-13-24(25)21-30(37)36(33)38/h3-21H,1-2H3. The van der Waals surface area contributed by atoms with E-state index in [0.29, 0.717) is 0 Å². The summed E-state index contributed by atoms with van der Waals surface area (Å²) in [5, 5.41) is 7.94. The summed E-state index contributed by atoms with van der Waals surface area (Å²) in [4.78, 5) is 0. The van der Waals surface area contributed by atoms with Crippen molar-refractivity contribution in [2.75, 3.05) is 0 Å². The second kappa shape index (κ2) is 7.42. The van der Waals surface area contributed by atoms with Crippen LogP contribution in [0.3, 0.4) is 0 Å². The molecule has 9 rings (SSSR count). The third kappa shape index (κ3) is 2.58. The number of rotatable bonds is 1. The van der Waals surface area contributed by atoms with Crippen molar-refractivity contribution in [3.63, 3.8) is 0 Å². The average Bonchev–Trinajstić information content (AvgIpc) is 3.50. The smallest absolute Gasteiger partial charge is 0.332 e. The second-order valence-electron chi connectivity index (χ2n) is 11.0. The monoisotopic (exact) mass is 496 g/mol. The third-order valence-corrected chi connectivity index (χ3v) is 8.96. The topological polar surface area (TPSA) is 9.86 Å². The molecule has 1 aliphatic rings. The zero-order valence-electron chi connectivity index (χ0n) is 21.9. The van der Waals surface area contributed by atoms with Gasteiger partial charge in [0.15, 0.2) is 0 Å². The fourth-order valence-electron chi connectivity index (χ4n) is 7.46. The predicted octanol–water partition coefficient (Wildman–Crippen LogP) is 7.63. The third-order valence-electron chi connectivity index (χ3n) is 8.96. The Kier molecular flexibility index (Phi) is 4.04. The Morgan fingerprint density at radius 1 is 0.513 bits per heavy atom. The molecule has 39 heavy (non-hydrogen) atoms. The maximum absolute atomic E-state index is 2.65. The van der Waals surface area contributed by atoms with Crippen molar-refractivity contribution in [3.8, 4) is 5.69 Å². The number of hydrogen-bond donors (Lipinski definition) is 0. The molecule has 6 aromatic carbocycles. The Labute approximate surface area is 226 Å². The minimum atomic E-state index is 0.0484. The van der Waals surface area contributed by atoms with Crippen molar-refractivity contribution in [1.82, 2.24) is 9.05 Å². The van der Waals surface area contributed by atoms with Crippen LogP contribution in [0.4, 0.5) is 0 Å². The number of benzene rings is 6. The normalized spacial score (nSPS) is 12.8. The SMILES string of the molecule is Cc1cccc2c3cccc(C)c3n(B3c4ccccc4-n4c5ccccc5c5c6ccccc6cc3c54)c12. The lowest BCUT2D eigenvalue weighted by Gasteiger charge is -2.29. The predicted molar refractivity (Wildman–Crippen MR) is 168 cm³/mol.